The Labute approximate surface area is 257 Å². The van der Waals surface area contributed by atoms with Crippen molar-refractivity contribution in [1.82, 2.24) is 14.8 Å². The summed E-state index contributed by atoms with van der Waals surface area (Å²) < 4.78 is 66.9. The number of amides is 4. The quantitative estimate of drug-likeness (QED) is 0.337. The summed E-state index contributed by atoms with van der Waals surface area (Å²) in [6, 6.07) is 10.8. The van der Waals surface area contributed by atoms with Crippen LogP contribution in [0.4, 0.5) is 28.4 Å². The Morgan fingerprint density at radius 1 is 1.07 bits per heavy atom. The predicted molar refractivity (Wildman–Crippen MR) is 155 cm³/mol. The minimum atomic E-state index is -4.75. The first-order valence-corrected chi connectivity index (χ1v) is 15.5. The number of allylic oxidation sites excluding steroid dienone is 1. The van der Waals surface area contributed by atoms with Crippen LogP contribution in [-0.2, 0) is 16.0 Å². The molecule has 2 atom stereocenters. The van der Waals surface area contributed by atoms with Gasteiger partial charge in [0.05, 0.1) is 45.5 Å². The van der Waals surface area contributed by atoms with Gasteiger partial charge in [0.15, 0.2) is 9.84 Å². The third-order valence-corrected chi connectivity index (χ3v) is 8.97. The lowest BCUT2D eigenvalue weighted by atomic mass is 9.93. The molecule has 0 N–H and O–H groups in total. The lowest BCUT2D eigenvalue weighted by Gasteiger charge is -2.43. The smallest absolute Gasteiger partial charge is 0.317 e. The number of hydrogen-bond acceptors (Lipinski definition) is 7. The number of urea groups is 2. The number of sulfone groups is 1. The van der Waals surface area contributed by atoms with E-state index in [9.17, 15) is 41.7 Å². The fourth-order valence-corrected chi connectivity index (χ4v) is 6.72. The number of carbonyl (C=O) groups is 2. The van der Waals surface area contributed by atoms with Crippen molar-refractivity contribution in [1.29, 1.82) is 10.5 Å². The topological polar surface area (TPSA) is 138 Å². The van der Waals surface area contributed by atoms with Crippen molar-refractivity contribution in [2.24, 2.45) is 0 Å². The maximum atomic E-state index is 14.5. The third-order valence-electron chi connectivity index (χ3n) is 7.82. The van der Waals surface area contributed by atoms with E-state index in [4.69, 9.17) is 0 Å². The number of pyridine rings is 1. The highest BCUT2D eigenvalue weighted by Gasteiger charge is 2.48. The molecule has 2 aliphatic rings. The van der Waals surface area contributed by atoms with E-state index in [1.807, 2.05) is 12.1 Å². The van der Waals surface area contributed by atoms with E-state index in [2.05, 4.69) is 4.98 Å². The van der Waals surface area contributed by atoms with Gasteiger partial charge < -0.3 is 4.90 Å². The molecule has 1 saturated heterocycles. The first-order chi connectivity index (χ1) is 21.3. The molecule has 0 radical (unpaired) electrons. The molecule has 3 heterocycles. The molecule has 230 valence electrons. The van der Waals surface area contributed by atoms with Crippen molar-refractivity contribution in [3.63, 3.8) is 0 Å². The van der Waals surface area contributed by atoms with E-state index in [0.717, 1.165) is 40.3 Å². The van der Waals surface area contributed by atoms with Gasteiger partial charge in [0, 0.05) is 30.9 Å². The summed E-state index contributed by atoms with van der Waals surface area (Å²) in [6.45, 7) is 1.54. The van der Waals surface area contributed by atoms with E-state index in [-0.39, 0.29) is 39.5 Å². The molecule has 0 aliphatic carbocycles. The molecule has 2 aliphatic heterocycles. The van der Waals surface area contributed by atoms with Crippen LogP contribution in [0, 0.1) is 22.7 Å². The van der Waals surface area contributed by atoms with Gasteiger partial charge in [-0.3, -0.25) is 9.88 Å². The second-order valence-corrected chi connectivity index (χ2v) is 12.6. The van der Waals surface area contributed by atoms with Gasteiger partial charge in [-0.1, -0.05) is 18.2 Å². The van der Waals surface area contributed by atoms with E-state index in [1.165, 1.54) is 30.0 Å². The minimum absolute atomic E-state index is 0.0137. The maximum absolute atomic E-state index is 14.5. The first-order valence-electron chi connectivity index (χ1n) is 13.6. The number of anilines is 1. The standard InChI is InChI=1S/C31H25F3N6O4S/c1-19-25(17-36)28(24-11-10-20(16-35)14-27(24)45(2,43)44)40(29(41)38-13-5-9-26(38)21-6-4-12-37-18-21)30(42)39(19)23-8-3-7-22(15-23)31(32,33)34/h3-4,6-8,10-12,14-15,18,26,28H,5,9,13H2,1-2H3. The summed E-state index contributed by atoms with van der Waals surface area (Å²) in [5.74, 6) is 0. The fourth-order valence-electron chi connectivity index (χ4n) is 5.77. The lowest BCUT2D eigenvalue weighted by molar-refractivity contribution is -0.137. The van der Waals surface area contributed by atoms with Crippen molar-refractivity contribution in [2.45, 2.75) is 42.9 Å². The summed E-state index contributed by atoms with van der Waals surface area (Å²) in [4.78, 5) is 35.7. The molecule has 2 aromatic carbocycles. The zero-order chi connectivity index (χ0) is 32.7. The Morgan fingerprint density at radius 3 is 2.44 bits per heavy atom. The second kappa shape index (κ2) is 11.7. The number of nitriles is 2. The van der Waals surface area contributed by atoms with Crippen molar-refractivity contribution in [3.05, 3.63) is 101 Å². The number of nitrogens with zero attached hydrogens (tertiary/aromatic N) is 6. The Morgan fingerprint density at radius 2 is 1.82 bits per heavy atom. The molecule has 45 heavy (non-hydrogen) atoms. The van der Waals surface area contributed by atoms with Crippen molar-refractivity contribution in [2.75, 3.05) is 17.7 Å². The number of aromatic nitrogens is 1. The van der Waals surface area contributed by atoms with Gasteiger partial charge in [-0.2, -0.15) is 23.7 Å². The molecule has 5 rings (SSSR count). The first kappa shape index (κ1) is 31.2. The number of carbonyl (C=O) groups excluding carboxylic acids is 2. The molecular weight excluding hydrogens is 609 g/mol. The lowest BCUT2D eigenvalue weighted by Crippen LogP contribution is -2.56. The average molecular weight is 635 g/mol. The van der Waals surface area contributed by atoms with Gasteiger partial charge >= 0.3 is 18.2 Å². The van der Waals surface area contributed by atoms with Gasteiger partial charge in [0.2, 0.25) is 0 Å². The van der Waals surface area contributed by atoms with Crippen LogP contribution in [-0.4, -0.2) is 48.1 Å². The SMILES string of the molecule is CC1=C(C#N)C(c2ccc(C#N)cc2S(C)(=O)=O)N(C(=O)N2CCCC2c2cccnc2)C(=O)N1c1cccc(C(F)(F)F)c1. The number of benzene rings is 2. The molecule has 1 fully saturated rings. The number of imide groups is 1. The van der Waals surface area contributed by atoms with Gasteiger partial charge in [0.25, 0.3) is 0 Å². The summed E-state index contributed by atoms with van der Waals surface area (Å²) in [5.41, 5.74) is -1.08. The number of hydrogen-bond donors (Lipinski definition) is 0. The molecule has 2 unspecified atom stereocenters. The highest BCUT2D eigenvalue weighted by atomic mass is 32.2. The van der Waals surface area contributed by atoms with Crippen LogP contribution >= 0.6 is 0 Å². The molecule has 3 aromatic rings. The third kappa shape index (κ3) is 5.72. The Balaban J connectivity index is 1.76. The molecule has 4 amide bonds. The molecule has 14 heteroatoms. The van der Waals surface area contributed by atoms with Gasteiger partial charge in [-0.25, -0.2) is 22.9 Å². The van der Waals surface area contributed by atoms with Crippen LogP contribution in [0.2, 0.25) is 0 Å². The number of likely N-dealkylation sites (tertiary alicyclic amines) is 1. The van der Waals surface area contributed by atoms with Crippen LogP contribution in [0.25, 0.3) is 0 Å². The molecule has 0 bridgehead atoms. The highest BCUT2D eigenvalue weighted by Crippen LogP contribution is 2.44. The van der Waals surface area contributed by atoms with E-state index in [1.54, 1.807) is 24.5 Å². The number of halogens is 3. The summed E-state index contributed by atoms with van der Waals surface area (Å²) in [6.07, 6.45) is 0.357. The second-order valence-electron chi connectivity index (χ2n) is 10.6. The summed E-state index contributed by atoms with van der Waals surface area (Å²) in [7, 11) is -4.08. The van der Waals surface area contributed by atoms with Crippen LogP contribution < -0.4 is 4.90 Å². The van der Waals surface area contributed by atoms with E-state index < -0.39 is 45.7 Å². The molecule has 10 nitrogen and oxygen atoms in total. The minimum Gasteiger partial charge on any atom is -0.317 e. The maximum Gasteiger partial charge on any atom is 0.416 e. The normalized spacial score (nSPS) is 19.0. The number of rotatable bonds is 4. The number of alkyl halides is 3. The molecule has 0 saturated carbocycles. The van der Waals surface area contributed by atoms with E-state index in [0.29, 0.717) is 18.4 Å². The monoisotopic (exact) mass is 634 g/mol. The van der Waals surface area contributed by atoms with Crippen molar-refractivity contribution in [3.8, 4) is 12.1 Å². The Kier molecular flexibility index (Phi) is 8.12. The zero-order valence-corrected chi connectivity index (χ0v) is 24.8. The van der Waals surface area contributed by atoms with Gasteiger partial charge in [-0.15, -0.1) is 0 Å². The fraction of sp³-hybridized carbons (Fsp3) is 0.258. The Hall–Kier alpha value is -5.21. The van der Waals surface area contributed by atoms with Gasteiger partial charge in [-0.05, 0) is 67.3 Å². The summed E-state index contributed by atoms with van der Waals surface area (Å²) >= 11 is 0. The highest BCUT2D eigenvalue weighted by molar-refractivity contribution is 7.90. The Bertz CT molecular complexity index is 1920. The average Bonchev–Trinajstić information content (AvgIpc) is 3.50. The van der Waals surface area contributed by atoms with Crippen LogP contribution in [0.3, 0.4) is 0 Å². The van der Waals surface area contributed by atoms with Crippen LogP contribution in [0.5, 0.6) is 0 Å². The van der Waals surface area contributed by atoms with Crippen molar-refractivity contribution >= 4 is 27.6 Å². The molecule has 0 spiro atoms. The van der Waals surface area contributed by atoms with Crippen LogP contribution in [0.15, 0.2) is 83.2 Å². The summed E-state index contributed by atoms with van der Waals surface area (Å²) in [5, 5.41) is 19.9. The largest absolute Gasteiger partial charge is 0.416 e. The van der Waals surface area contributed by atoms with Crippen LogP contribution in [0.1, 0.15) is 54.1 Å². The predicted octanol–water partition coefficient (Wildman–Crippen LogP) is 6.11. The molecule has 1 aromatic heterocycles. The van der Waals surface area contributed by atoms with Gasteiger partial charge in [0.1, 0.15) is 6.04 Å². The van der Waals surface area contributed by atoms with Crippen molar-refractivity contribution < 1.29 is 31.2 Å². The van der Waals surface area contributed by atoms with E-state index >= 15 is 0 Å². The molecular formula is C31H25F3N6O4S. The zero-order valence-electron chi connectivity index (χ0n) is 24.0.